The fraction of sp³-hybridized carbons (Fsp3) is 0. The number of fused-ring (bicyclic) bond motifs is 1. The predicted molar refractivity (Wildman–Crippen MR) is 57.2 cm³/mol. The van der Waals surface area contributed by atoms with Crippen molar-refractivity contribution in [3.63, 3.8) is 0 Å². The minimum absolute atomic E-state index is 0.633. The van der Waals surface area contributed by atoms with E-state index in [9.17, 15) is 0 Å². The van der Waals surface area contributed by atoms with Crippen LogP contribution in [0.25, 0.3) is 11.0 Å². The third-order valence-corrected chi connectivity index (χ3v) is 4.03. The molecule has 2 rings (SSSR count). The molecule has 0 unspecified atom stereocenters. The van der Waals surface area contributed by atoms with Gasteiger partial charge in [0.15, 0.2) is 0 Å². The average Bonchev–Trinajstić information content (AvgIpc) is 2.48. The van der Waals surface area contributed by atoms with Gasteiger partial charge >= 0.3 is 0 Å². The molecular weight excluding hydrogens is 306 g/mol. The molecule has 0 fully saturated rings. The lowest BCUT2D eigenvalue weighted by Crippen LogP contribution is -1.89. The van der Waals surface area contributed by atoms with Gasteiger partial charge < -0.3 is 5.73 Å². The van der Waals surface area contributed by atoms with Crippen LogP contribution in [0.4, 0.5) is 5.69 Å². The monoisotopic (exact) mass is 307 g/mol. The fourth-order valence-corrected chi connectivity index (χ4v) is 2.17. The molecule has 2 N–H and O–H groups in total. The number of halogens is 2. The maximum Gasteiger partial charge on any atom is 0.128 e. The number of hydrogen-bond donors (Lipinski definition) is 1. The van der Waals surface area contributed by atoms with Crippen molar-refractivity contribution in [1.29, 1.82) is 0 Å². The molecule has 0 saturated heterocycles. The molecule has 12 heavy (non-hydrogen) atoms. The lowest BCUT2D eigenvalue weighted by Gasteiger charge is -1.99. The van der Waals surface area contributed by atoms with E-state index in [1.54, 1.807) is 0 Å². The van der Waals surface area contributed by atoms with E-state index in [1.807, 2.05) is 6.07 Å². The molecule has 0 spiro atoms. The first-order valence-corrected chi connectivity index (χ1v) is 5.37. The second-order valence-electron chi connectivity index (χ2n) is 2.22. The zero-order valence-corrected chi connectivity index (χ0v) is 9.70. The second-order valence-corrected chi connectivity index (χ2v) is 4.39. The number of rotatable bonds is 0. The Morgan fingerprint density at radius 3 is 2.83 bits per heavy atom. The van der Waals surface area contributed by atoms with Gasteiger partial charge in [-0.1, -0.05) is 0 Å². The van der Waals surface area contributed by atoms with E-state index in [-0.39, 0.29) is 0 Å². The zero-order valence-electron chi connectivity index (χ0n) is 5.71. The minimum Gasteiger partial charge on any atom is -0.396 e. The summed E-state index contributed by atoms with van der Waals surface area (Å²) in [5, 5.41) is 0. The molecule has 0 saturated carbocycles. The third-order valence-electron chi connectivity index (χ3n) is 1.48. The molecule has 2 aromatic rings. The van der Waals surface area contributed by atoms with Gasteiger partial charge in [-0.2, -0.15) is 8.75 Å². The van der Waals surface area contributed by atoms with E-state index < -0.39 is 0 Å². The summed E-state index contributed by atoms with van der Waals surface area (Å²) in [7, 11) is 0. The van der Waals surface area contributed by atoms with Crippen molar-refractivity contribution in [2.24, 2.45) is 0 Å². The van der Waals surface area contributed by atoms with Crippen molar-refractivity contribution in [2.45, 2.75) is 0 Å². The molecule has 1 aromatic heterocycles. The first-order chi connectivity index (χ1) is 5.70. The standard InChI is InChI=1S/C6H3Br2N3S/c7-2-1-3-6(11-12-10-3)5(9)4(2)8/h1H,9H2. The van der Waals surface area contributed by atoms with E-state index in [0.717, 1.165) is 31.7 Å². The number of aromatic nitrogens is 2. The largest absolute Gasteiger partial charge is 0.396 e. The Bertz CT molecular complexity index is 440. The van der Waals surface area contributed by atoms with Crippen LogP contribution in [0.3, 0.4) is 0 Å². The topological polar surface area (TPSA) is 51.8 Å². The lowest BCUT2D eigenvalue weighted by atomic mass is 10.3. The number of nitrogens with zero attached hydrogens (tertiary/aromatic N) is 2. The van der Waals surface area contributed by atoms with Crippen molar-refractivity contribution in [3.05, 3.63) is 15.0 Å². The first-order valence-electron chi connectivity index (χ1n) is 3.06. The van der Waals surface area contributed by atoms with Crippen LogP contribution in [0.15, 0.2) is 15.0 Å². The van der Waals surface area contributed by atoms with Crippen molar-refractivity contribution in [3.8, 4) is 0 Å². The van der Waals surface area contributed by atoms with Gasteiger partial charge in [-0.3, -0.25) is 0 Å². The Morgan fingerprint density at radius 1 is 1.33 bits per heavy atom. The number of hydrogen-bond acceptors (Lipinski definition) is 4. The Labute approximate surface area is 89.5 Å². The minimum atomic E-state index is 0.633. The molecule has 0 aliphatic rings. The van der Waals surface area contributed by atoms with Gasteiger partial charge in [0.25, 0.3) is 0 Å². The van der Waals surface area contributed by atoms with Gasteiger partial charge in [0, 0.05) is 4.47 Å². The van der Waals surface area contributed by atoms with Crippen LogP contribution in [0.5, 0.6) is 0 Å². The first kappa shape index (κ1) is 8.40. The Morgan fingerprint density at radius 2 is 2.08 bits per heavy atom. The van der Waals surface area contributed by atoms with Crippen LogP contribution in [-0.4, -0.2) is 8.75 Å². The van der Waals surface area contributed by atoms with E-state index in [1.165, 1.54) is 0 Å². The lowest BCUT2D eigenvalue weighted by molar-refractivity contribution is 1.57. The summed E-state index contributed by atoms with van der Waals surface area (Å²) in [6, 6.07) is 1.89. The highest BCUT2D eigenvalue weighted by atomic mass is 79.9. The van der Waals surface area contributed by atoms with Gasteiger partial charge in [-0.25, -0.2) is 0 Å². The third kappa shape index (κ3) is 1.14. The maximum atomic E-state index is 5.79. The highest BCUT2D eigenvalue weighted by Gasteiger charge is 2.09. The van der Waals surface area contributed by atoms with Gasteiger partial charge in [0.05, 0.1) is 21.9 Å². The van der Waals surface area contributed by atoms with Crippen LogP contribution < -0.4 is 5.73 Å². The maximum absolute atomic E-state index is 5.79. The fourth-order valence-electron chi connectivity index (χ4n) is 0.893. The highest BCUT2D eigenvalue weighted by molar-refractivity contribution is 9.13. The molecule has 0 amide bonds. The molecule has 62 valence electrons. The number of anilines is 1. The summed E-state index contributed by atoms with van der Waals surface area (Å²) in [5.74, 6) is 0. The van der Waals surface area contributed by atoms with Crippen LogP contribution >= 0.6 is 43.6 Å². The van der Waals surface area contributed by atoms with Crippen LogP contribution in [0, 0.1) is 0 Å². The summed E-state index contributed by atoms with van der Waals surface area (Å²) >= 11 is 7.87. The van der Waals surface area contributed by atoms with E-state index in [2.05, 4.69) is 40.6 Å². The molecule has 0 radical (unpaired) electrons. The van der Waals surface area contributed by atoms with Crippen LogP contribution in [0.1, 0.15) is 0 Å². The Kier molecular flexibility index (Phi) is 2.05. The molecular formula is C6H3Br2N3S. The molecule has 1 heterocycles. The Balaban J connectivity index is 2.94. The summed E-state index contributed by atoms with van der Waals surface area (Å²) < 4.78 is 9.89. The quantitative estimate of drug-likeness (QED) is 0.761. The molecule has 0 atom stereocenters. The normalized spacial score (nSPS) is 10.8. The van der Waals surface area contributed by atoms with Gasteiger partial charge in [-0.05, 0) is 37.9 Å². The van der Waals surface area contributed by atoms with Crippen molar-refractivity contribution >= 4 is 60.3 Å². The van der Waals surface area contributed by atoms with E-state index >= 15 is 0 Å². The van der Waals surface area contributed by atoms with Crippen LogP contribution in [-0.2, 0) is 0 Å². The molecule has 0 aliphatic heterocycles. The summed E-state index contributed by atoms with van der Waals surface area (Å²) in [5.41, 5.74) is 8.01. The van der Waals surface area contributed by atoms with Gasteiger partial charge in [0.2, 0.25) is 0 Å². The number of nitrogen functional groups attached to an aromatic ring is 1. The van der Waals surface area contributed by atoms with Crippen molar-refractivity contribution < 1.29 is 0 Å². The molecule has 0 bridgehead atoms. The molecule has 6 heteroatoms. The van der Waals surface area contributed by atoms with Gasteiger partial charge in [-0.15, -0.1) is 0 Å². The SMILES string of the molecule is Nc1c(Br)c(Br)cc2nsnc12. The van der Waals surface area contributed by atoms with Crippen LogP contribution in [0.2, 0.25) is 0 Å². The van der Waals surface area contributed by atoms with Crippen molar-refractivity contribution in [1.82, 2.24) is 8.75 Å². The summed E-state index contributed by atoms with van der Waals surface area (Å²) in [6.07, 6.45) is 0. The van der Waals surface area contributed by atoms with E-state index in [0.29, 0.717) is 5.69 Å². The zero-order chi connectivity index (χ0) is 8.72. The van der Waals surface area contributed by atoms with E-state index in [4.69, 9.17) is 5.73 Å². The smallest absolute Gasteiger partial charge is 0.128 e. The summed E-state index contributed by atoms with van der Waals surface area (Å²) in [6.45, 7) is 0. The number of benzene rings is 1. The Hall–Kier alpha value is -0.200. The highest BCUT2D eigenvalue weighted by Crippen LogP contribution is 2.34. The predicted octanol–water partition coefficient (Wildman–Crippen LogP) is 2.80. The van der Waals surface area contributed by atoms with Crippen molar-refractivity contribution in [2.75, 3.05) is 5.73 Å². The average molecular weight is 309 g/mol. The van der Waals surface area contributed by atoms with Gasteiger partial charge in [0.1, 0.15) is 11.0 Å². The second kappa shape index (κ2) is 2.93. The molecule has 0 aliphatic carbocycles. The molecule has 3 nitrogen and oxygen atoms in total. The number of nitrogens with two attached hydrogens (primary N) is 1. The summed E-state index contributed by atoms with van der Waals surface area (Å²) in [4.78, 5) is 0. The molecule has 1 aromatic carbocycles.